The molecule has 1 aromatic rings. The molecule has 0 saturated heterocycles. The molecule has 0 fully saturated rings. The van der Waals surface area contributed by atoms with Gasteiger partial charge in [-0.05, 0) is 31.5 Å². The van der Waals surface area contributed by atoms with E-state index in [0.717, 1.165) is 0 Å². The third-order valence-corrected chi connectivity index (χ3v) is 2.31. The van der Waals surface area contributed by atoms with Crippen molar-refractivity contribution in [2.24, 2.45) is 0 Å². The molecule has 0 heterocycles. The maximum atomic E-state index is 3.73. The zero-order valence-corrected chi connectivity index (χ0v) is 8.62. The molecular weight excluding hydrogens is 158 g/mol. The maximum Gasteiger partial charge on any atom is 0.0366 e. The zero-order chi connectivity index (χ0) is 9.84. The van der Waals surface area contributed by atoms with Gasteiger partial charge in [-0.3, -0.25) is 0 Å². The van der Waals surface area contributed by atoms with Gasteiger partial charge in [-0.25, -0.2) is 0 Å². The monoisotopic (exact) mass is 175 g/mol. The first-order chi connectivity index (χ1) is 6.15. The molecule has 0 aromatic heterocycles. The van der Waals surface area contributed by atoms with Crippen molar-refractivity contribution in [1.82, 2.24) is 0 Å². The predicted octanol–water partition coefficient (Wildman–Crippen LogP) is 3.17. The van der Waals surface area contributed by atoms with Gasteiger partial charge in [0.1, 0.15) is 0 Å². The van der Waals surface area contributed by atoms with Crippen LogP contribution in [0.4, 0.5) is 5.69 Å². The number of benzene rings is 1. The van der Waals surface area contributed by atoms with Crippen LogP contribution in [0.15, 0.2) is 30.8 Å². The molecule has 1 rings (SSSR count). The summed E-state index contributed by atoms with van der Waals surface area (Å²) in [6, 6.07) is 8.95. The lowest BCUT2D eigenvalue weighted by atomic mass is 10.2. The second-order valence-electron chi connectivity index (χ2n) is 3.50. The molecule has 0 radical (unpaired) electrons. The predicted molar refractivity (Wildman–Crippen MR) is 60.1 cm³/mol. The standard InChI is InChI=1S/C12H17N/c1-5-11-6-8-12(9-7-11)13(4)10(2)3/h5-10H,1H2,2-4H3. The fourth-order valence-electron chi connectivity index (χ4n) is 1.14. The Labute approximate surface area is 80.7 Å². The Balaban J connectivity index is 2.85. The molecule has 1 nitrogen and oxygen atoms in total. The highest BCUT2D eigenvalue weighted by atomic mass is 15.1. The number of anilines is 1. The van der Waals surface area contributed by atoms with Crippen LogP contribution >= 0.6 is 0 Å². The van der Waals surface area contributed by atoms with Gasteiger partial charge < -0.3 is 4.90 Å². The van der Waals surface area contributed by atoms with Crippen molar-refractivity contribution < 1.29 is 0 Å². The molecule has 0 spiro atoms. The van der Waals surface area contributed by atoms with Crippen molar-refractivity contribution in [3.05, 3.63) is 36.4 Å². The summed E-state index contributed by atoms with van der Waals surface area (Å²) >= 11 is 0. The number of rotatable bonds is 3. The van der Waals surface area contributed by atoms with E-state index in [4.69, 9.17) is 0 Å². The minimum atomic E-state index is 0.537. The van der Waals surface area contributed by atoms with E-state index >= 15 is 0 Å². The Kier molecular flexibility index (Phi) is 3.13. The molecule has 0 aliphatic rings. The fraction of sp³-hybridized carbons (Fsp3) is 0.333. The van der Waals surface area contributed by atoms with Crippen LogP contribution in [0.2, 0.25) is 0 Å². The van der Waals surface area contributed by atoms with E-state index in [1.165, 1.54) is 11.3 Å². The van der Waals surface area contributed by atoms with Gasteiger partial charge in [0.15, 0.2) is 0 Å². The molecule has 13 heavy (non-hydrogen) atoms. The van der Waals surface area contributed by atoms with Crippen LogP contribution < -0.4 is 4.90 Å². The molecule has 0 aliphatic heterocycles. The van der Waals surface area contributed by atoms with Gasteiger partial charge in [0.2, 0.25) is 0 Å². The first kappa shape index (κ1) is 9.85. The summed E-state index contributed by atoms with van der Waals surface area (Å²) in [4.78, 5) is 2.24. The van der Waals surface area contributed by atoms with Crippen LogP contribution in [0, 0.1) is 0 Å². The van der Waals surface area contributed by atoms with Crippen LogP contribution in [0.5, 0.6) is 0 Å². The van der Waals surface area contributed by atoms with Crippen LogP contribution in [-0.4, -0.2) is 13.1 Å². The summed E-state index contributed by atoms with van der Waals surface area (Å²) in [5, 5.41) is 0. The lowest BCUT2D eigenvalue weighted by Gasteiger charge is -2.23. The molecule has 70 valence electrons. The Hall–Kier alpha value is -1.24. The lowest BCUT2D eigenvalue weighted by molar-refractivity contribution is 0.755. The quantitative estimate of drug-likeness (QED) is 0.682. The van der Waals surface area contributed by atoms with Crippen LogP contribution in [0.25, 0.3) is 6.08 Å². The largest absolute Gasteiger partial charge is 0.372 e. The summed E-state index contributed by atoms with van der Waals surface area (Å²) in [6.45, 7) is 8.09. The molecule has 0 bridgehead atoms. The maximum absolute atomic E-state index is 3.73. The second kappa shape index (κ2) is 4.13. The molecule has 0 atom stereocenters. The summed E-state index contributed by atoms with van der Waals surface area (Å²) in [5.74, 6) is 0. The van der Waals surface area contributed by atoms with Crippen molar-refractivity contribution in [2.75, 3.05) is 11.9 Å². The molecule has 0 N–H and O–H groups in total. The highest BCUT2D eigenvalue weighted by Crippen LogP contribution is 2.16. The van der Waals surface area contributed by atoms with Gasteiger partial charge in [-0.2, -0.15) is 0 Å². The molecule has 1 heteroatoms. The summed E-state index contributed by atoms with van der Waals surface area (Å²) in [7, 11) is 2.10. The smallest absolute Gasteiger partial charge is 0.0366 e. The SMILES string of the molecule is C=Cc1ccc(N(C)C(C)C)cc1. The molecule has 0 unspecified atom stereocenters. The average Bonchev–Trinajstić information content (AvgIpc) is 2.17. The topological polar surface area (TPSA) is 3.24 Å². The van der Waals surface area contributed by atoms with Crippen molar-refractivity contribution in [1.29, 1.82) is 0 Å². The van der Waals surface area contributed by atoms with Gasteiger partial charge in [0, 0.05) is 18.8 Å². The third-order valence-electron chi connectivity index (χ3n) is 2.31. The normalized spacial score (nSPS) is 10.2. The summed E-state index contributed by atoms with van der Waals surface area (Å²) in [6.07, 6.45) is 1.86. The van der Waals surface area contributed by atoms with Gasteiger partial charge in [0.05, 0.1) is 0 Å². The average molecular weight is 175 g/mol. The van der Waals surface area contributed by atoms with Gasteiger partial charge >= 0.3 is 0 Å². The van der Waals surface area contributed by atoms with E-state index < -0.39 is 0 Å². The van der Waals surface area contributed by atoms with Crippen LogP contribution in [0.3, 0.4) is 0 Å². The van der Waals surface area contributed by atoms with E-state index in [-0.39, 0.29) is 0 Å². The van der Waals surface area contributed by atoms with E-state index in [1.807, 2.05) is 6.08 Å². The third kappa shape index (κ3) is 2.35. The van der Waals surface area contributed by atoms with Crippen molar-refractivity contribution in [3.63, 3.8) is 0 Å². The van der Waals surface area contributed by atoms with E-state index in [2.05, 4.69) is 56.6 Å². The first-order valence-electron chi connectivity index (χ1n) is 4.60. The van der Waals surface area contributed by atoms with Gasteiger partial charge in [-0.15, -0.1) is 0 Å². The van der Waals surface area contributed by atoms with Gasteiger partial charge in [0.25, 0.3) is 0 Å². The second-order valence-corrected chi connectivity index (χ2v) is 3.50. The molecular formula is C12H17N. The number of hydrogen-bond acceptors (Lipinski definition) is 1. The van der Waals surface area contributed by atoms with Gasteiger partial charge in [-0.1, -0.05) is 24.8 Å². The summed E-state index contributed by atoms with van der Waals surface area (Å²) < 4.78 is 0. The number of hydrogen-bond donors (Lipinski definition) is 0. The van der Waals surface area contributed by atoms with E-state index in [9.17, 15) is 0 Å². The molecule has 1 aromatic carbocycles. The minimum Gasteiger partial charge on any atom is -0.372 e. The Bertz CT molecular complexity index is 272. The molecule has 0 amide bonds. The zero-order valence-electron chi connectivity index (χ0n) is 8.62. The van der Waals surface area contributed by atoms with Crippen molar-refractivity contribution in [3.8, 4) is 0 Å². The van der Waals surface area contributed by atoms with E-state index in [1.54, 1.807) is 0 Å². The van der Waals surface area contributed by atoms with E-state index in [0.29, 0.717) is 6.04 Å². The fourth-order valence-corrected chi connectivity index (χ4v) is 1.14. The Morgan fingerprint density at radius 2 is 1.77 bits per heavy atom. The van der Waals surface area contributed by atoms with Crippen LogP contribution in [-0.2, 0) is 0 Å². The van der Waals surface area contributed by atoms with Crippen molar-refractivity contribution >= 4 is 11.8 Å². The van der Waals surface area contributed by atoms with Crippen LogP contribution in [0.1, 0.15) is 19.4 Å². The molecule has 0 aliphatic carbocycles. The number of nitrogens with zero attached hydrogens (tertiary/aromatic N) is 1. The first-order valence-corrected chi connectivity index (χ1v) is 4.60. The highest BCUT2D eigenvalue weighted by Gasteiger charge is 2.03. The molecule has 0 saturated carbocycles. The summed E-state index contributed by atoms with van der Waals surface area (Å²) in [5.41, 5.74) is 2.42. The van der Waals surface area contributed by atoms with Crippen molar-refractivity contribution in [2.45, 2.75) is 19.9 Å². The highest BCUT2D eigenvalue weighted by molar-refractivity contribution is 5.54. The lowest BCUT2D eigenvalue weighted by Crippen LogP contribution is -2.25. The Morgan fingerprint density at radius 3 is 2.15 bits per heavy atom. The Morgan fingerprint density at radius 1 is 1.23 bits per heavy atom. The minimum absolute atomic E-state index is 0.537.